The van der Waals surface area contributed by atoms with Crippen LogP contribution in [0, 0.1) is 17.7 Å². The van der Waals surface area contributed by atoms with Gasteiger partial charge in [-0.15, -0.1) is 0 Å². The first-order chi connectivity index (χ1) is 9.02. The summed E-state index contributed by atoms with van der Waals surface area (Å²) >= 11 is 0. The van der Waals surface area contributed by atoms with Crippen LogP contribution in [0.1, 0.15) is 24.5 Å². The maximum absolute atomic E-state index is 13.7. The second-order valence-corrected chi connectivity index (χ2v) is 4.02. The third-order valence-electron chi connectivity index (χ3n) is 2.46. The van der Waals surface area contributed by atoms with Crippen LogP contribution in [0.3, 0.4) is 0 Å². The van der Waals surface area contributed by atoms with E-state index in [2.05, 4.69) is 11.8 Å². The molecule has 1 aromatic carbocycles. The Bertz CT molecular complexity index is 550. The lowest BCUT2D eigenvalue weighted by molar-refractivity contribution is -0.136. The molecule has 0 aliphatic rings. The van der Waals surface area contributed by atoms with Gasteiger partial charge in [-0.3, -0.25) is 4.79 Å². The standard InChI is InChI=1S/C15H15FO3/c1-11(8-9-17)2-3-12-4-5-13(14(16)10-12)6-7-15(18)19/h4-5,8,10,17H,6-7,9H2,1H3,(H,18,19)/b11-8-. The van der Waals surface area contributed by atoms with Gasteiger partial charge in [0.15, 0.2) is 0 Å². The molecule has 1 aromatic rings. The molecule has 0 spiro atoms. The minimum Gasteiger partial charge on any atom is -0.481 e. The van der Waals surface area contributed by atoms with Gasteiger partial charge in [0.05, 0.1) is 6.61 Å². The Kier molecular flexibility index (Phi) is 5.77. The highest BCUT2D eigenvalue weighted by Crippen LogP contribution is 2.12. The largest absolute Gasteiger partial charge is 0.481 e. The summed E-state index contributed by atoms with van der Waals surface area (Å²) in [7, 11) is 0. The lowest BCUT2D eigenvalue weighted by Crippen LogP contribution is -1.99. The van der Waals surface area contributed by atoms with Gasteiger partial charge in [-0.25, -0.2) is 4.39 Å². The smallest absolute Gasteiger partial charge is 0.303 e. The maximum Gasteiger partial charge on any atom is 0.303 e. The molecule has 0 heterocycles. The van der Waals surface area contributed by atoms with Crippen LogP contribution < -0.4 is 0 Å². The summed E-state index contributed by atoms with van der Waals surface area (Å²) in [4.78, 5) is 10.4. The minimum atomic E-state index is -0.951. The number of carboxylic acids is 1. The molecule has 0 unspecified atom stereocenters. The Morgan fingerprint density at radius 1 is 1.47 bits per heavy atom. The molecule has 19 heavy (non-hydrogen) atoms. The molecular weight excluding hydrogens is 247 g/mol. The van der Waals surface area contributed by atoms with Crippen molar-refractivity contribution in [2.75, 3.05) is 6.61 Å². The van der Waals surface area contributed by atoms with E-state index >= 15 is 0 Å². The number of aliphatic hydroxyl groups excluding tert-OH is 1. The van der Waals surface area contributed by atoms with Gasteiger partial charge in [-0.05, 0) is 42.7 Å². The number of aryl methyl sites for hydroxylation is 1. The van der Waals surface area contributed by atoms with Crippen molar-refractivity contribution in [1.82, 2.24) is 0 Å². The van der Waals surface area contributed by atoms with Crippen molar-refractivity contribution in [3.63, 3.8) is 0 Å². The van der Waals surface area contributed by atoms with E-state index in [-0.39, 0.29) is 19.4 Å². The molecule has 0 atom stereocenters. The average Bonchev–Trinajstić information content (AvgIpc) is 2.35. The van der Waals surface area contributed by atoms with Crippen LogP contribution in [0.5, 0.6) is 0 Å². The molecule has 0 aliphatic heterocycles. The normalized spacial score (nSPS) is 10.8. The highest BCUT2D eigenvalue weighted by Gasteiger charge is 2.05. The number of benzene rings is 1. The summed E-state index contributed by atoms with van der Waals surface area (Å²) in [5, 5.41) is 17.2. The number of aliphatic carboxylic acids is 1. The first kappa shape index (κ1) is 14.9. The Hall–Kier alpha value is -2.12. The molecule has 0 aromatic heterocycles. The number of carboxylic acid groups (broad SMARTS) is 1. The van der Waals surface area contributed by atoms with Gasteiger partial charge in [0.1, 0.15) is 5.82 Å². The zero-order valence-electron chi connectivity index (χ0n) is 10.6. The molecule has 1 rings (SSSR count). The molecule has 4 heteroatoms. The highest BCUT2D eigenvalue weighted by molar-refractivity contribution is 5.67. The number of allylic oxidation sites excluding steroid dienone is 1. The van der Waals surface area contributed by atoms with Gasteiger partial charge in [0, 0.05) is 12.0 Å². The molecule has 100 valence electrons. The Labute approximate surface area is 111 Å². The van der Waals surface area contributed by atoms with E-state index in [9.17, 15) is 9.18 Å². The summed E-state index contributed by atoms with van der Waals surface area (Å²) in [6.45, 7) is 1.67. The lowest BCUT2D eigenvalue weighted by atomic mass is 10.1. The molecule has 3 nitrogen and oxygen atoms in total. The fourth-order valence-corrected chi connectivity index (χ4v) is 1.43. The molecule has 0 fully saturated rings. The van der Waals surface area contributed by atoms with Gasteiger partial charge < -0.3 is 10.2 Å². The number of hydrogen-bond donors (Lipinski definition) is 2. The Balaban J connectivity index is 2.82. The Morgan fingerprint density at radius 3 is 2.79 bits per heavy atom. The average molecular weight is 262 g/mol. The van der Waals surface area contributed by atoms with Crippen LogP contribution in [0.2, 0.25) is 0 Å². The number of hydrogen-bond acceptors (Lipinski definition) is 2. The van der Waals surface area contributed by atoms with Crippen LogP contribution in [-0.2, 0) is 11.2 Å². The van der Waals surface area contributed by atoms with E-state index in [0.717, 1.165) is 0 Å². The summed E-state index contributed by atoms with van der Waals surface area (Å²) in [5.41, 5.74) is 1.59. The highest BCUT2D eigenvalue weighted by atomic mass is 19.1. The zero-order chi connectivity index (χ0) is 14.3. The third-order valence-corrected chi connectivity index (χ3v) is 2.46. The third kappa shape index (κ3) is 5.36. The number of aliphatic hydroxyl groups is 1. The molecular formula is C15H15FO3. The molecule has 0 saturated carbocycles. The molecule has 0 bridgehead atoms. The maximum atomic E-state index is 13.7. The molecule has 0 amide bonds. The van der Waals surface area contributed by atoms with Crippen molar-refractivity contribution < 1.29 is 19.4 Å². The van der Waals surface area contributed by atoms with Crippen LogP contribution in [-0.4, -0.2) is 22.8 Å². The minimum absolute atomic E-state index is 0.0804. The predicted molar refractivity (Wildman–Crippen MR) is 70.1 cm³/mol. The topological polar surface area (TPSA) is 57.5 Å². The van der Waals surface area contributed by atoms with Gasteiger partial charge in [-0.1, -0.05) is 17.9 Å². The molecule has 0 saturated heterocycles. The van der Waals surface area contributed by atoms with Crippen LogP contribution in [0.4, 0.5) is 4.39 Å². The van der Waals surface area contributed by atoms with Crippen molar-refractivity contribution >= 4 is 5.97 Å². The summed E-state index contributed by atoms with van der Waals surface area (Å²) in [6, 6.07) is 4.49. The number of rotatable bonds is 4. The van der Waals surface area contributed by atoms with E-state index in [1.54, 1.807) is 25.1 Å². The number of halogens is 1. The first-order valence-corrected chi connectivity index (χ1v) is 5.83. The summed E-state index contributed by atoms with van der Waals surface area (Å²) < 4.78 is 13.7. The Morgan fingerprint density at radius 2 is 2.21 bits per heavy atom. The SMILES string of the molecule is C/C(C#Cc1ccc(CCC(=O)O)c(F)c1)=C/CO. The van der Waals surface area contributed by atoms with Gasteiger partial charge in [-0.2, -0.15) is 0 Å². The molecule has 0 aliphatic carbocycles. The van der Waals surface area contributed by atoms with Gasteiger partial charge in [0.25, 0.3) is 0 Å². The van der Waals surface area contributed by atoms with Crippen LogP contribution >= 0.6 is 0 Å². The summed E-state index contributed by atoms with van der Waals surface area (Å²) in [5.74, 6) is 4.17. The van der Waals surface area contributed by atoms with Crippen molar-refractivity contribution in [3.8, 4) is 11.8 Å². The molecule has 0 radical (unpaired) electrons. The second kappa shape index (κ2) is 7.34. The van der Waals surface area contributed by atoms with E-state index < -0.39 is 11.8 Å². The van der Waals surface area contributed by atoms with E-state index in [4.69, 9.17) is 10.2 Å². The predicted octanol–water partition coefficient (Wildman–Crippen LogP) is 2.13. The van der Waals surface area contributed by atoms with Crippen LogP contribution in [0.15, 0.2) is 29.8 Å². The fraction of sp³-hybridized carbons (Fsp3) is 0.267. The van der Waals surface area contributed by atoms with Crippen molar-refractivity contribution in [3.05, 3.63) is 46.8 Å². The van der Waals surface area contributed by atoms with Gasteiger partial charge in [0.2, 0.25) is 0 Å². The van der Waals surface area contributed by atoms with Crippen molar-refractivity contribution in [1.29, 1.82) is 0 Å². The van der Waals surface area contributed by atoms with Crippen molar-refractivity contribution in [2.24, 2.45) is 0 Å². The molecule has 2 N–H and O–H groups in total. The second-order valence-electron chi connectivity index (χ2n) is 4.02. The number of carbonyl (C=O) groups is 1. The van der Waals surface area contributed by atoms with E-state index in [1.165, 1.54) is 6.07 Å². The van der Waals surface area contributed by atoms with E-state index in [0.29, 0.717) is 16.7 Å². The van der Waals surface area contributed by atoms with Crippen molar-refractivity contribution in [2.45, 2.75) is 19.8 Å². The lowest BCUT2D eigenvalue weighted by Gasteiger charge is -2.01. The quantitative estimate of drug-likeness (QED) is 0.817. The van der Waals surface area contributed by atoms with E-state index in [1.807, 2.05) is 0 Å². The van der Waals surface area contributed by atoms with Crippen LogP contribution in [0.25, 0.3) is 0 Å². The fourth-order valence-electron chi connectivity index (χ4n) is 1.43. The summed E-state index contributed by atoms with van der Waals surface area (Å²) in [6.07, 6.45) is 1.63. The van der Waals surface area contributed by atoms with Gasteiger partial charge >= 0.3 is 5.97 Å². The first-order valence-electron chi connectivity index (χ1n) is 5.83. The monoisotopic (exact) mass is 262 g/mol. The zero-order valence-corrected chi connectivity index (χ0v) is 10.6.